The average molecular weight is 574 g/mol. The van der Waals surface area contributed by atoms with Gasteiger partial charge in [0.2, 0.25) is 10.0 Å². The molecule has 0 aliphatic carbocycles. The van der Waals surface area contributed by atoms with Gasteiger partial charge in [0.05, 0.1) is 29.2 Å². The number of aryl methyl sites for hydroxylation is 1. The van der Waals surface area contributed by atoms with Crippen LogP contribution in [0.3, 0.4) is 0 Å². The molecule has 1 fully saturated rings. The van der Waals surface area contributed by atoms with Crippen LogP contribution in [0.4, 0.5) is 5.69 Å². The fraction of sp³-hybridized carbons (Fsp3) is 0.350. The van der Waals surface area contributed by atoms with Crippen molar-refractivity contribution in [1.82, 2.24) is 19.5 Å². The number of hydrogen-bond donors (Lipinski definition) is 1. The molecule has 1 atom stereocenters. The number of amides is 1. The topological polar surface area (TPSA) is 96.7 Å². The minimum Gasteiger partial charge on any atom is -0.330 e. The van der Waals surface area contributed by atoms with Crippen LogP contribution in [0.1, 0.15) is 46.9 Å². The van der Waals surface area contributed by atoms with Gasteiger partial charge in [0.25, 0.3) is 5.91 Å². The highest BCUT2D eigenvalue weighted by atomic mass is 127. The highest BCUT2D eigenvalue weighted by Crippen LogP contribution is 2.34. The first-order valence-electron chi connectivity index (χ1n) is 9.73. The van der Waals surface area contributed by atoms with Gasteiger partial charge in [-0.3, -0.25) is 9.52 Å². The summed E-state index contributed by atoms with van der Waals surface area (Å²) < 4.78 is 28.6. The summed E-state index contributed by atoms with van der Waals surface area (Å²) in [6.07, 6.45) is 5.49. The zero-order valence-corrected chi connectivity index (χ0v) is 20.7. The van der Waals surface area contributed by atoms with E-state index in [2.05, 4.69) is 37.4 Å². The van der Waals surface area contributed by atoms with Crippen molar-refractivity contribution >= 4 is 61.5 Å². The van der Waals surface area contributed by atoms with Crippen LogP contribution in [0.15, 0.2) is 30.5 Å². The van der Waals surface area contributed by atoms with E-state index in [1.54, 1.807) is 27.6 Å². The third-order valence-corrected chi connectivity index (χ3v) is 6.85. The van der Waals surface area contributed by atoms with Gasteiger partial charge in [-0.05, 0) is 67.0 Å². The third kappa shape index (κ3) is 4.80. The lowest BCUT2D eigenvalue weighted by Gasteiger charge is -2.35. The number of likely N-dealkylation sites (tertiary alicyclic amines) is 1. The van der Waals surface area contributed by atoms with Crippen molar-refractivity contribution < 1.29 is 13.2 Å². The Hall–Kier alpha value is -1.92. The first-order valence-corrected chi connectivity index (χ1v) is 13.1. The van der Waals surface area contributed by atoms with Gasteiger partial charge < -0.3 is 4.90 Å². The first kappa shape index (κ1) is 22.3. The van der Waals surface area contributed by atoms with E-state index in [0.29, 0.717) is 22.9 Å². The summed E-state index contributed by atoms with van der Waals surface area (Å²) in [6, 6.07) is 6.71. The normalized spacial score (nSPS) is 17.2. The maximum Gasteiger partial charge on any atom is 0.256 e. The van der Waals surface area contributed by atoms with Crippen molar-refractivity contribution in [2.24, 2.45) is 0 Å². The molecule has 1 amide bonds. The van der Waals surface area contributed by atoms with E-state index in [1.807, 2.05) is 19.2 Å². The molecule has 1 N–H and O–H groups in total. The van der Waals surface area contributed by atoms with Gasteiger partial charge in [-0.25, -0.2) is 17.9 Å². The van der Waals surface area contributed by atoms with Crippen LogP contribution in [-0.2, 0) is 10.0 Å². The molecule has 0 unspecified atom stereocenters. The van der Waals surface area contributed by atoms with Crippen molar-refractivity contribution in [1.29, 1.82) is 0 Å². The minimum atomic E-state index is -3.53. The molecule has 1 saturated heterocycles. The number of sulfonamides is 1. The highest BCUT2D eigenvalue weighted by molar-refractivity contribution is 14.1. The van der Waals surface area contributed by atoms with Gasteiger partial charge in [0, 0.05) is 27.9 Å². The van der Waals surface area contributed by atoms with E-state index in [4.69, 9.17) is 11.6 Å². The molecule has 0 bridgehead atoms. The van der Waals surface area contributed by atoms with E-state index in [1.165, 1.54) is 0 Å². The van der Waals surface area contributed by atoms with Gasteiger partial charge in [-0.1, -0.05) is 11.6 Å². The van der Waals surface area contributed by atoms with E-state index < -0.39 is 10.0 Å². The molecule has 1 aromatic carbocycles. The van der Waals surface area contributed by atoms with Crippen molar-refractivity contribution in [3.8, 4) is 0 Å². The van der Waals surface area contributed by atoms with Crippen molar-refractivity contribution in [3.05, 3.63) is 56.0 Å². The van der Waals surface area contributed by atoms with Crippen molar-refractivity contribution in [2.45, 2.75) is 32.2 Å². The van der Waals surface area contributed by atoms with Crippen LogP contribution in [0.5, 0.6) is 0 Å². The molecule has 0 spiro atoms. The Kier molecular flexibility index (Phi) is 6.14. The average Bonchev–Trinajstić information content (AvgIpc) is 3.10. The van der Waals surface area contributed by atoms with E-state index in [-0.39, 0.29) is 17.6 Å². The fourth-order valence-corrected chi connectivity index (χ4v) is 4.99. The number of aromatic nitrogens is 3. The zero-order valence-electron chi connectivity index (χ0n) is 17.0. The lowest BCUT2D eigenvalue weighted by molar-refractivity contribution is 0.0606. The summed E-state index contributed by atoms with van der Waals surface area (Å²) in [6.45, 7) is 2.42. The molecule has 31 heavy (non-hydrogen) atoms. The number of anilines is 1. The molecule has 0 saturated carbocycles. The van der Waals surface area contributed by atoms with Crippen LogP contribution in [0.2, 0.25) is 5.15 Å². The maximum absolute atomic E-state index is 13.6. The number of carbonyl (C=O) groups excluding carboxylic acids is 1. The Morgan fingerprint density at radius 3 is 2.81 bits per heavy atom. The number of fused-ring (bicyclic) bond motifs is 1. The number of hydrogen-bond acceptors (Lipinski definition) is 5. The summed E-state index contributed by atoms with van der Waals surface area (Å²) in [5.74, 6) is -0.228. The van der Waals surface area contributed by atoms with Gasteiger partial charge in [0.1, 0.15) is 5.15 Å². The summed E-state index contributed by atoms with van der Waals surface area (Å²) in [7, 11) is -3.53. The fourth-order valence-electron chi connectivity index (χ4n) is 3.79. The molecular weight excluding hydrogens is 553 g/mol. The third-order valence-electron chi connectivity index (χ3n) is 5.20. The Labute approximate surface area is 199 Å². The Balaban J connectivity index is 1.73. The molecule has 3 aromatic rings. The highest BCUT2D eigenvalue weighted by Gasteiger charge is 2.32. The maximum atomic E-state index is 13.6. The molecule has 1 aliphatic rings. The SMILES string of the molecule is Cc1cn2nc([C@@H]3CCCCN3C(=O)c3cc(I)ccc3NS(C)(=O)=O)cc2nc1Cl. The Bertz CT molecular complexity index is 1240. The number of halogens is 2. The molecule has 8 nitrogen and oxygen atoms in total. The number of benzene rings is 1. The first-order chi connectivity index (χ1) is 14.6. The van der Waals surface area contributed by atoms with E-state index in [9.17, 15) is 13.2 Å². The standard InChI is InChI=1S/C20H21ClIN5O3S/c1-12-11-27-18(23-19(12)21)10-16(24-27)17-5-3-4-8-26(17)20(28)14-9-13(22)6-7-15(14)25-31(2,29)30/h6-7,9-11,17,25H,3-5,8H2,1-2H3/t17-/m0/s1. The van der Waals surface area contributed by atoms with Crippen LogP contribution in [0.25, 0.3) is 5.65 Å². The molecule has 4 rings (SSSR count). The molecule has 3 heterocycles. The lowest BCUT2D eigenvalue weighted by Crippen LogP contribution is -2.39. The predicted molar refractivity (Wildman–Crippen MR) is 128 cm³/mol. The number of piperidine rings is 1. The quantitative estimate of drug-likeness (QED) is 0.376. The second-order valence-electron chi connectivity index (χ2n) is 7.66. The second-order valence-corrected chi connectivity index (χ2v) is 11.0. The van der Waals surface area contributed by atoms with Crippen LogP contribution in [0, 0.1) is 10.5 Å². The van der Waals surface area contributed by atoms with Gasteiger partial charge >= 0.3 is 0 Å². The second kappa shape index (κ2) is 8.55. The van der Waals surface area contributed by atoms with Gasteiger partial charge in [-0.2, -0.15) is 5.10 Å². The number of carbonyl (C=O) groups is 1. The molecular formula is C20H21ClIN5O3S. The van der Waals surface area contributed by atoms with Gasteiger partial charge in [-0.15, -0.1) is 0 Å². The van der Waals surface area contributed by atoms with Crippen LogP contribution < -0.4 is 4.72 Å². The van der Waals surface area contributed by atoms with Crippen LogP contribution >= 0.6 is 34.2 Å². The smallest absolute Gasteiger partial charge is 0.256 e. The summed E-state index contributed by atoms with van der Waals surface area (Å²) >= 11 is 8.26. The molecule has 2 aromatic heterocycles. The predicted octanol–water partition coefficient (Wildman–Crippen LogP) is 4.03. The Morgan fingerprint density at radius 1 is 1.29 bits per heavy atom. The monoisotopic (exact) mass is 573 g/mol. The largest absolute Gasteiger partial charge is 0.330 e. The molecule has 11 heteroatoms. The van der Waals surface area contributed by atoms with Crippen LogP contribution in [-0.4, -0.2) is 46.6 Å². The molecule has 1 aliphatic heterocycles. The number of rotatable bonds is 4. The summed E-state index contributed by atoms with van der Waals surface area (Å²) in [5, 5.41) is 5.07. The lowest BCUT2D eigenvalue weighted by atomic mass is 9.98. The number of nitrogens with zero attached hydrogens (tertiary/aromatic N) is 4. The van der Waals surface area contributed by atoms with E-state index >= 15 is 0 Å². The molecule has 164 valence electrons. The Morgan fingerprint density at radius 2 is 2.06 bits per heavy atom. The van der Waals surface area contributed by atoms with Crippen molar-refractivity contribution in [2.75, 3.05) is 17.5 Å². The summed E-state index contributed by atoms with van der Waals surface area (Å²) in [5.41, 5.74) is 2.78. The molecule has 0 radical (unpaired) electrons. The van der Waals surface area contributed by atoms with Crippen molar-refractivity contribution in [3.63, 3.8) is 0 Å². The summed E-state index contributed by atoms with van der Waals surface area (Å²) in [4.78, 5) is 19.7. The number of nitrogens with one attached hydrogen (secondary N) is 1. The zero-order chi connectivity index (χ0) is 22.3. The van der Waals surface area contributed by atoms with Gasteiger partial charge in [0.15, 0.2) is 5.65 Å². The minimum absolute atomic E-state index is 0.228. The van der Waals surface area contributed by atoms with E-state index in [0.717, 1.165) is 40.3 Å².